The third-order valence-corrected chi connectivity index (χ3v) is 5.75. The van der Waals surface area contributed by atoms with E-state index in [2.05, 4.69) is 10.6 Å². The predicted molar refractivity (Wildman–Crippen MR) is 91.7 cm³/mol. The molecule has 2 atom stereocenters. The highest BCUT2D eigenvalue weighted by atomic mass is 32.1. The first-order valence-corrected chi connectivity index (χ1v) is 9.36. The van der Waals surface area contributed by atoms with Crippen molar-refractivity contribution < 1.29 is 14.4 Å². The van der Waals surface area contributed by atoms with Gasteiger partial charge in [-0.2, -0.15) is 0 Å². The summed E-state index contributed by atoms with van der Waals surface area (Å²) in [4.78, 5) is 39.7. The number of fused-ring (bicyclic) bond motifs is 2. The largest absolute Gasteiger partial charge is 0.352 e. The Balaban J connectivity index is 1.75. The molecule has 7 heteroatoms. The molecule has 0 bridgehead atoms. The van der Waals surface area contributed by atoms with Crippen molar-refractivity contribution in [1.29, 1.82) is 0 Å². The van der Waals surface area contributed by atoms with E-state index in [-0.39, 0.29) is 24.4 Å². The van der Waals surface area contributed by atoms with Crippen LogP contribution >= 0.6 is 11.3 Å². The van der Waals surface area contributed by atoms with Gasteiger partial charge in [-0.1, -0.05) is 13.3 Å². The highest BCUT2D eigenvalue weighted by molar-refractivity contribution is 7.10. The van der Waals surface area contributed by atoms with Crippen molar-refractivity contribution in [3.05, 3.63) is 21.9 Å². The van der Waals surface area contributed by atoms with Crippen molar-refractivity contribution in [3.8, 4) is 0 Å². The second-order valence-electron chi connectivity index (χ2n) is 6.60. The second kappa shape index (κ2) is 6.55. The number of imide groups is 1. The van der Waals surface area contributed by atoms with Gasteiger partial charge < -0.3 is 10.6 Å². The summed E-state index contributed by atoms with van der Waals surface area (Å²) < 4.78 is 0. The standard InChI is InChI=1S/C17H23N3O3S/c1-3-5-11(2)18-14(21)10-20-15(22)17(19-16(20)23)8-4-6-13-12(17)7-9-24-13/h7,9,11H,3-6,8,10H2,1-2H3,(H,18,21)(H,19,23)/t11-,17-/m0/s1. The number of hydrogen-bond donors (Lipinski definition) is 2. The number of rotatable bonds is 5. The molecule has 1 aliphatic heterocycles. The van der Waals surface area contributed by atoms with E-state index in [9.17, 15) is 14.4 Å². The van der Waals surface area contributed by atoms with Crippen LogP contribution in [0.15, 0.2) is 11.4 Å². The number of carbonyl (C=O) groups excluding carboxylic acids is 3. The first-order chi connectivity index (χ1) is 11.5. The summed E-state index contributed by atoms with van der Waals surface area (Å²) in [6, 6.07) is 1.48. The Labute approximate surface area is 145 Å². The maximum atomic E-state index is 13.0. The summed E-state index contributed by atoms with van der Waals surface area (Å²) in [5.74, 6) is -0.594. The van der Waals surface area contributed by atoms with Crippen LogP contribution in [0.1, 0.15) is 50.0 Å². The van der Waals surface area contributed by atoms with Crippen molar-refractivity contribution >= 4 is 29.2 Å². The Hall–Kier alpha value is -1.89. The molecule has 1 aromatic rings. The number of hydrogen-bond acceptors (Lipinski definition) is 4. The predicted octanol–water partition coefficient (Wildman–Crippen LogP) is 2.14. The van der Waals surface area contributed by atoms with Gasteiger partial charge in [0.15, 0.2) is 0 Å². The zero-order valence-electron chi connectivity index (χ0n) is 14.1. The van der Waals surface area contributed by atoms with Gasteiger partial charge in [0.1, 0.15) is 12.1 Å². The molecular formula is C17H23N3O3S. The molecule has 4 amide bonds. The molecule has 0 radical (unpaired) electrons. The Kier molecular flexibility index (Phi) is 4.62. The van der Waals surface area contributed by atoms with Crippen LogP contribution in [0.5, 0.6) is 0 Å². The number of urea groups is 1. The van der Waals surface area contributed by atoms with Gasteiger partial charge in [-0.25, -0.2) is 4.79 Å². The molecule has 2 aliphatic rings. The number of thiophene rings is 1. The normalized spacial score (nSPS) is 24.0. The van der Waals surface area contributed by atoms with E-state index in [1.807, 2.05) is 25.3 Å². The molecule has 2 heterocycles. The van der Waals surface area contributed by atoms with Crippen LogP contribution in [-0.2, 0) is 21.5 Å². The Morgan fingerprint density at radius 3 is 3.04 bits per heavy atom. The highest BCUT2D eigenvalue weighted by Gasteiger charge is 2.54. The van der Waals surface area contributed by atoms with E-state index in [0.29, 0.717) is 6.42 Å². The van der Waals surface area contributed by atoms with Gasteiger partial charge in [0.2, 0.25) is 5.91 Å². The minimum Gasteiger partial charge on any atom is -0.352 e. The fraction of sp³-hybridized carbons (Fsp3) is 0.588. The molecule has 1 spiro atoms. The van der Waals surface area contributed by atoms with Crippen LogP contribution in [0.25, 0.3) is 0 Å². The third-order valence-electron chi connectivity index (χ3n) is 4.77. The monoisotopic (exact) mass is 349 g/mol. The van der Waals surface area contributed by atoms with Crippen LogP contribution in [0.2, 0.25) is 0 Å². The Morgan fingerprint density at radius 1 is 1.50 bits per heavy atom. The molecule has 0 unspecified atom stereocenters. The van der Waals surface area contributed by atoms with Crippen molar-refractivity contribution in [1.82, 2.24) is 15.5 Å². The number of nitrogens with one attached hydrogen (secondary N) is 2. The topological polar surface area (TPSA) is 78.5 Å². The van der Waals surface area contributed by atoms with Gasteiger partial charge >= 0.3 is 6.03 Å². The van der Waals surface area contributed by atoms with E-state index in [1.54, 1.807) is 11.3 Å². The van der Waals surface area contributed by atoms with Crippen LogP contribution < -0.4 is 10.6 Å². The lowest BCUT2D eigenvalue weighted by Crippen LogP contribution is -2.47. The van der Waals surface area contributed by atoms with Crippen LogP contribution in [0.4, 0.5) is 4.79 Å². The second-order valence-corrected chi connectivity index (χ2v) is 7.60. The Morgan fingerprint density at radius 2 is 2.29 bits per heavy atom. The number of carbonyl (C=O) groups is 3. The minimum absolute atomic E-state index is 0.0374. The molecule has 0 saturated carbocycles. The summed E-state index contributed by atoms with van der Waals surface area (Å²) in [6.07, 6.45) is 4.22. The summed E-state index contributed by atoms with van der Waals surface area (Å²) in [6.45, 7) is 3.75. The van der Waals surface area contributed by atoms with Gasteiger partial charge in [0.25, 0.3) is 5.91 Å². The van der Waals surface area contributed by atoms with Crippen molar-refractivity contribution in [2.24, 2.45) is 0 Å². The molecule has 1 aliphatic carbocycles. The fourth-order valence-electron chi connectivity index (χ4n) is 3.65. The van der Waals surface area contributed by atoms with Crippen LogP contribution in [0.3, 0.4) is 0 Å². The lowest BCUT2D eigenvalue weighted by atomic mass is 9.80. The van der Waals surface area contributed by atoms with Gasteiger partial charge in [-0.3, -0.25) is 14.5 Å². The van der Waals surface area contributed by atoms with Crippen LogP contribution in [-0.4, -0.2) is 35.3 Å². The number of nitrogens with zero attached hydrogens (tertiary/aromatic N) is 1. The summed E-state index contributed by atoms with van der Waals surface area (Å²) in [5.41, 5.74) is -0.0701. The van der Waals surface area contributed by atoms with E-state index < -0.39 is 11.6 Å². The molecule has 24 heavy (non-hydrogen) atoms. The van der Waals surface area contributed by atoms with Crippen LogP contribution in [0, 0.1) is 0 Å². The van der Waals surface area contributed by atoms with Gasteiger partial charge in [0, 0.05) is 16.5 Å². The summed E-state index contributed by atoms with van der Waals surface area (Å²) in [7, 11) is 0. The minimum atomic E-state index is -0.972. The SMILES string of the molecule is CCC[C@H](C)NC(=O)CN1C(=O)N[C@]2(CCCc3sccc32)C1=O. The molecule has 130 valence electrons. The Bertz CT molecular complexity index is 672. The van der Waals surface area contributed by atoms with E-state index in [0.717, 1.165) is 41.0 Å². The summed E-state index contributed by atoms with van der Waals surface area (Å²) >= 11 is 1.62. The molecular weight excluding hydrogens is 326 g/mol. The van der Waals surface area contributed by atoms with Crippen molar-refractivity contribution in [3.63, 3.8) is 0 Å². The van der Waals surface area contributed by atoms with Gasteiger partial charge in [-0.15, -0.1) is 11.3 Å². The van der Waals surface area contributed by atoms with Crippen molar-refractivity contribution in [2.75, 3.05) is 6.54 Å². The molecule has 1 fully saturated rings. The van der Waals surface area contributed by atoms with Crippen molar-refractivity contribution in [2.45, 2.75) is 57.5 Å². The number of aryl methyl sites for hydroxylation is 1. The lowest BCUT2D eigenvalue weighted by molar-refractivity contribution is -0.135. The highest BCUT2D eigenvalue weighted by Crippen LogP contribution is 2.41. The molecule has 1 aromatic heterocycles. The van der Waals surface area contributed by atoms with E-state index >= 15 is 0 Å². The molecule has 1 saturated heterocycles. The molecule has 2 N–H and O–H groups in total. The molecule has 3 rings (SSSR count). The van der Waals surface area contributed by atoms with Gasteiger partial charge in [0.05, 0.1) is 0 Å². The maximum Gasteiger partial charge on any atom is 0.325 e. The zero-order chi connectivity index (χ0) is 17.3. The first-order valence-electron chi connectivity index (χ1n) is 8.48. The van der Waals surface area contributed by atoms with E-state index in [1.165, 1.54) is 0 Å². The van der Waals surface area contributed by atoms with E-state index in [4.69, 9.17) is 0 Å². The maximum absolute atomic E-state index is 13.0. The number of amides is 4. The summed E-state index contributed by atoms with van der Waals surface area (Å²) in [5, 5.41) is 7.66. The average Bonchev–Trinajstić information content (AvgIpc) is 3.09. The third kappa shape index (κ3) is 2.81. The first kappa shape index (κ1) is 17.0. The van der Waals surface area contributed by atoms with Gasteiger partial charge in [-0.05, 0) is 44.1 Å². The fourth-order valence-corrected chi connectivity index (χ4v) is 4.65. The smallest absolute Gasteiger partial charge is 0.325 e. The average molecular weight is 349 g/mol. The quantitative estimate of drug-likeness (QED) is 0.800. The molecule has 6 nitrogen and oxygen atoms in total. The molecule has 0 aromatic carbocycles. The zero-order valence-corrected chi connectivity index (χ0v) is 14.9. The lowest BCUT2D eigenvalue weighted by Gasteiger charge is -2.31.